The van der Waals surface area contributed by atoms with Gasteiger partial charge in [-0.1, -0.05) is 31.2 Å². The van der Waals surface area contributed by atoms with Crippen molar-refractivity contribution in [3.8, 4) is 0 Å². The Morgan fingerprint density at radius 1 is 1.50 bits per heavy atom. The van der Waals surface area contributed by atoms with Crippen molar-refractivity contribution in [1.82, 2.24) is 0 Å². The molecule has 1 aliphatic carbocycles. The van der Waals surface area contributed by atoms with Crippen molar-refractivity contribution in [3.05, 3.63) is 41.5 Å². The maximum atomic E-state index is 11.3. The lowest BCUT2D eigenvalue weighted by Gasteiger charge is -2.35. The molecule has 1 heterocycles. The molecule has 2 N–H and O–H groups in total. The van der Waals surface area contributed by atoms with Gasteiger partial charge in [0.1, 0.15) is 6.04 Å². The number of anilines is 1. The zero-order chi connectivity index (χ0) is 12.7. The van der Waals surface area contributed by atoms with Crippen LogP contribution in [0.15, 0.2) is 30.4 Å². The molecule has 2 aliphatic rings. The number of allylic oxidation sites excluding steroid dienone is 2. The number of rotatable bonds is 2. The summed E-state index contributed by atoms with van der Waals surface area (Å²) in [4.78, 5) is 11.3. The number of carboxylic acid groups (broad SMARTS) is 1. The van der Waals surface area contributed by atoms with E-state index in [1.165, 1.54) is 11.1 Å². The molecule has 3 nitrogen and oxygen atoms in total. The third kappa shape index (κ3) is 1.62. The molecule has 94 valence electrons. The van der Waals surface area contributed by atoms with Crippen LogP contribution < -0.4 is 5.32 Å². The highest BCUT2D eigenvalue weighted by Crippen LogP contribution is 2.44. The predicted octanol–water partition coefficient (Wildman–Crippen LogP) is 2.79. The Hall–Kier alpha value is -1.77. The van der Waals surface area contributed by atoms with E-state index in [1.54, 1.807) is 0 Å². The molecule has 0 fully saturated rings. The summed E-state index contributed by atoms with van der Waals surface area (Å²) in [5.41, 5.74) is 3.54. The van der Waals surface area contributed by atoms with Crippen LogP contribution in [0.2, 0.25) is 0 Å². The van der Waals surface area contributed by atoms with Crippen molar-refractivity contribution < 1.29 is 9.90 Å². The SMILES string of the molecule is CCc1ccc2c(c1)[C@@H]1C=CC[C@H]1[C@H](C(=O)O)N2. The third-order valence-electron chi connectivity index (χ3n) is 4.10. The number of carbonyl (C=O) groups is 1. The molecular formula is C15H17NO2. The molecule has 3 atom stereocenters. The van der Waals surface area contributed by atoms with E-state index in [1.807, 2.05) is 6.07 Å². The maximum absolute atomic E-state index is 11.3. The molecular weight excluding hydrogens is 226 g/mol. The topological polar surface area (TPSA) is 49.3 Å². The van der Waals surface area contributed by atoms with Gasteiger partial charge in [0, 0.05) is 17.5 Å². The Bertz CT molecular complexity index is 521. The maximum Gasteiger partial charge on any atom is 0.326 e. The standard InChI is InChI=1S/C15H17NO2/c1-2-9-6-7-13-12(8-9)10-4-3-5-11(10)14(16-13)15(17)18/h3-4,6-8,10-11,14,16H,2,5H2,1H3,(H,17,18)/t10-,11-,14-/m1/s1. The fraction of sp³-hybridized carbons (Fsp3) is 0.400. The van der Waals surface area contributed by atoms with Crippen LogP contribution in [-0.4, -0.2) is 17.1 Å². The number of benzene rings is 1. The summed E-state index contributed by atoms with van der Waals surface area (Å²) >= 11 is 0. The van der Waals surface area contributed by atoms with Crippen molar-refractivity contribution in [2.75, 3.05) is 5.32 Å². The molecule has 0 unspecified atom stereocenters. The van der Waals surface area contributed by atoms with Crippen molar-refractivity contribution in [3.63, 3.8) is 0 Å². The second-order valence-electron chi connectivity index (χ2n) is 5.09. The van der Waals surface area contributed by atoms with E-state index >= 15 is 0 Å². The Kier molecular flexibility index (Phi) is 2.62. The number of hydrogen-bond acceptors (Lipinski definition) is 2. The Morgan fingerprint density at radius 2 is 2.33 bits per heavy atom. The minimum Gasteiger partial charge on any atom is -0.480 e. The third-order valence-corrected chi connectivity index (χ3v) is 4.10. The summed E-state index contributed by atoms with van der Waals surface area (Å²) in [5, 5.41) is 12.5. The first-order valence-corrected chi connectivity index (χ1v) is 6.49. The highest BCUT2D eigenvalue weighted by Gasteiger charge is 2.40. The molecule has 0 saturated heterocycles. The molecule has 0 spiro atoms. The lowest BCUT2D eigenvalue weighted by molar-refractivity contribution is -0.139. The summed E-state index contributed by atoms with van der Waals surface area (Å²) in [6.45, 7) is 2.14. The number of carboxylic acids is 1. The molecule has 0 bridgehead atoms. The lowest BCUT2D eigenvalue weighted by Crippen LogP contribution is -2.41. The summed E-state index contributed by atoms with van der Waals surface area (Å²) in [6, 6.07) is 5.84. The highest BCUT2D eigenvalue weighted by atomic mass is 16.4. The van der Waals surface area contributed by atoms with Gasteiger partial charge < -0.3 is 10.4 Å². The second kappa shape index (κ2) is 4.16. The van der Waals surface area contributed by atoms with Gasteiger partial charge in [-0.3, -0.25) is 0 Å². The molecule has 1 aromatic carbocycles. The molecule has 0 amide bonds. The van der Waals surface area contributed by atoms with Crippen molar-refractivity contribution in [2.24, 2.45) is 5.92 Å². The number of fused-ring (bicyclic) bond motifs is 3. The van der Waals surface area contributed by atoms with Gasteiger partial charge in [0.2, 0.25) is 0 Å². The van der Waals surface area contributed by atoms with Gasteiger partial charge in [-0.25, -0.2) is 4.79 Å². The number of nitrogens with one attached hydrogen (secondary N) is 1. The van der Waals surface area contributed by atoms with E-state index in [9.17, 15) is 9.90 Å². The van der Waals surface area contributed by atoms with E-state index < -0.39 is 12.0 Å². The molecule has 0 saturated carbocycles. The lowest BCUT2D eigenvalue weighted by atomic mass is 9.79. The van der Waals surface area contributed by atoms with Gasteiger partial charge in [0.15, 0.2) is 0 Å². The smallest absolute Gasteiger partial charge is 0.326 e. The van der Waals surface area contributed by atoms with E-state index in [0.717, 1.165) is 18.5 Å². The predicted molar refractivity (Wildman–Crippen MR) is 70.9 cm³/mol. The minimum atomic E-state index is -0.751. The van der Waals surface area contributed by atoms with Crippen LogP contribution in [0.25, 0.3) is 0 Å². The van der Waals surface area contributed by atoms with Gasteiger partial charge in [0.05, 0.1) is 0 Å². The van der Waals surface area contributed by atoms with Crippen molar-refractivity contribution >= 4 is 11.7 Å². The van der Waals surface area contributed by atoms with Crippen LogP contribution >= 0.6 is 0 Å². The summed E-state index contributed by atoms with van der Waals surface area (Å²) < 4.78 is 0. The first-order chi connectivity index (χ1) is 8.70. The molecule has 18 heavy (non-hydrogen) atoms. The first-order valence-electron chi connectivity index (χ1n) is 6.49. The molecule has 1 aliphatic heterocycles. The minimum absolute atomic E-state index is 0.155. The monoisotopic (exact) mass is 243 g/mol. The summed E-state index contributed by atoms with van der Waals surface area (Å²) in [7, 11) is 0. The van der Waals surface area contributed by atoms with E-state index in [2.05, 4.69) is 36.5 Å². The Labute approximate surface area is 107 Å². The van der Waals surface area contributed by atoms with Crippen LogP contribution in [0.3, 0.4) is 0 Å². The average Bonchev–Trinajstić information content (AvgIpc) is 2.86. The first kappa shape index (κ1) is 11.3. The van der Waals surface area contributed by atoms with Crippen LogP contribution in [0.5, 0.6) is 0 Å². The van der Waals surface area contributed by atoms with Gasteiger partial charge in [-0.05, 0) is 30.0 Å². The molecule has 3 heteroatoms. The van der Waals surface area contributed by atoms with E-state index in [-0.39, 0.29) is 11.8 Å². The highest BCUT2D eigenvalue weighted by molar-refractivity contribution is 5.80. The average molecular weight is 243 g/mol. The van der Waals surface area contributed by atoms with E-state index in [0.29, 0.717) is 0 Å². The van der Waals surface area contributed by atoms with Gasteiger partial charge in [-0.2, -0.15) is 0 Å². The fourth-order valence-electron chi connectivity index (χ4n) is 3.11. The zero-order valence-electron chi connectivity index (χ0n) is 10.4. The number of aliphatic carboxylic acids is 1. The summed E-state index contributed by atoms with van der Waals surface area (Å²) in [6.07, 6.45) is 6.14. The second-order valence-corrected chi connectivity index (χ2v) is 5.09. The van der Waals surface area contributed by atoms with Gasteiger partial charge in [0.25, 0.3) is 0 Å². The normalized spacial score (nSPS) is 28.4. The largest absolute Gasteiger partial charge is 0.480 e. The quantitative estimate of drug-likeness (QED) is 0.785. The Morgan fingerprint density at radius 3 is 3.06 bits per heavy atom. The fourth-order valence-corrected chi connectivity index (χ4v) is 3.11. The van der Waals surface area contributed by atoms with Gasteiger partial charge >= 0.3 is 5.97 Å². The van der Waals surface area contributed by atoms with Crippen LogP contribution in [0, 0.1) is 5.92 Å². The number of aryl methyl sites for hydroxylation is 1. The summed E-state index contributed by atoms with van der Waals surface area (Å²) in [5.74, 6) is -0.338. The van der Waals surface area contributed by atoms with Crippen LogP contribution in [0.1, 0.15) is 30.4 Å². The molecule has 0 aromatic heterocycles. The molecule has 0 radical (unpaired) electrons. The zero-order valence-corrected chi connectivity index (χ0v) is 10.4. The molecule has 1 aromatic rings. The van der Waals surface area contributed by atoms with Crippen LogP contribution in [0.4, 0.5) is 5.69 Å². The molecule has 3 rings (SSSR count). The van der Waals surface area contributed by atoms with Crippen molar-refractivity contribution in [2.45, 2.75) is 31.7 Å². The number of hydrogen-bond donors (Lipinski definition) is 2. The Balaban J connectivity index is 2.06. The van der Waals surface area contributed by atoms with Gasteiger partial charge in [-0.15, -0.1) is 0 Å². The van der Waals surface area contributed by atoms with Crippen molar-refractivity contribution in [1.29, 1.82) is 0 Å². The van der Waals surface area contributed by atoms with E-state index in [4.69, 9.17) is 0 Å². The van der Waals surface area contributed by atoms with Crippen LogP contribution in [-0.2, 0) is 11.2 Å².